The van der Waals surface area contributed by atoms with Gasteiger partial charge in [-0.3, -0.25) is 4.57 Å². The van der Waals surface area contributed by atoms with Gasteiger partial charge in [0.05, 0.1) is 18.9 Å². The van der Waals surface area contributed by atoms with Gasteiger partial charge in [0.2, 0.25) is 0 Å². The first-order valence-electron chi connectivity index (χ1n) is 19.5. The van der Waals surface area contributed by atoms with Gasteiger partial charge in [0.25, 0.3) is 0 Å². The molecule has 0 amide bonds. The second-order valence-corrected chi connectivity index (χ2v) is 13.9. The van der Waals surface area contributed by atoms with Crippen molar-refractivity contribution in [1.29, 1.82) is 0 Å². The summed E-state index contributed by atoms with van der Waals surface area (Å²) in [5.74, 6) is 0. The Kier molecular flexibility index (Phi) is 25.8. The molecule has 4 unspecified atom stereocenters. The van der Waals surface area contributed by atoms with Gasteiger partial charge in [-0.1, -0.05) is 80.1 Å². The molecule has 12 heteroatoms. The van der Waals surface area contributed by atoms with Crippen LogP contribution in [0.2, 0.25) is 0 Å². The Hall–Kier alpha value is -0.300. The molecule has 2 saturated heterocycles. The highest BCUT2D eigenvalue weighted by atomic mass is 31.1. The molecule has 0 aromatic carbocycles. The smallest absolute Gasteiger partial charge is 0.187 e. The highest BCUT2D eigenvalue weighted by Crippen LogP contribution is 2.37. The number of hydrogen-bond acceptors (Lipinski definition) is 11. The molecule has 290 valence electrons. The Morgan fingerprint density at radius 1 is 0.490 bits per heavy atom. The first-order chi connectivity index (χ1) is 24.0. The quantitative estimate of drug-likeness (QED) is 0.0543. The van der Waals surface area contributed by atoms with Crippen LogP contribution in [0.15, 0.2) is 0 Å². The largest absolute Gasteiger partial charge is 0.379 e. The van der Waals surface area contributed by atoms with Crippen molar-refractivity contribution in [3.8, 4) is 0 Å². The van der Waals surface area contributed by atoms with E-state index in [2.05, 4.69) is 41.5 Å². The summed E-state index contributed by atoms with van der Waals surface area (Å²) in [6.45, 7) is 16.6. The number of rotatable bonds is 30. The van der Waals surface area contributed by atoms with Crippen LogP contribution in [0.25, 0.3) is 0 Å². The third kappa shape index (κ3) is 15.7. The maximum atomic E-state index is 12.8. The predicted molar refractivity (Wildman–Crippen MR) is 191 cm³/mol. The number of methoxy groups -OCH3 is 1. The van der Waals surface area contributed by atoms with Crippen molar-refractivity contribution in [2.75, 3.05) is 60.0 Å². The molecule has 2 rings (SSSR count). The topological polar surface area (TPSA) is 109 Å². The van der Waals surface area contributed by atoms with E-state index in [4.69, 9.17) is 47.4 Å². The highest BCUT2D eigenvalue weighted by molar-refractivity contribution is 7.25. The van der Waals surface area contributed by atoms with Crippen molar-refractivity contribution in [3.63, 3.8) is 0 Å². The first-order valence-corrected chi connectivity index (χ1v) is 20.4. The van der Waals surface area contributed by atoms with Gasteiger partial charge in [-0.2, -0.15) is 0 Å². The van der Waals surface area contributed by atoms with Crippen LogP contribution in [0.1, 0.15) is 119 Å². The SMILES string of the molecule is CCCCOCC1O[C@@H](OC)[C@@H](OCCCC)C(OCCCC)[C@H]1O[C@H]1OC(COCCCC)[C@@H](P=O)[C@H](OCCCC)C1OCCCC. The Morgan fingerprint density at radius 3 is 1.37 bits per heavy atom. The molecule has 2 aliphatic heterocycles. The van der Waals surface area contributed by atoms with Crippen LogP contribution in [0.5, 0.6) is 0 Å². The van der Waals surface area contributed by atoms with E-state index in [9.17, 15) is 4.57 Å². The fourth-order valence-corrected chi connectivity index (χ4v) is 6.53. The lowest BCUT2D eigenvalue weighted by Gasteiger charge is -2.49. The zero-order valence-electron chi connectivity index (χ0n) is 31.9. The molecule has 0 radical (unpaired) electrons. The molecular weight excluding hydrogens is 651 g/mol. The molecule has 0 N–H and O–H groups in total. The standard InChI is InChI=1S/C37H71O11P/c1-8-14-20-40-26-28-30(31(42-22-16-10-3)33(36(39-7)46-28)44-24-18-12-5)48-37-34(45-25-19-13-6)32(43-23-17-11-4)35(49-38)29(47-37)27-41-21-15-9-2/h28-37H,8-27H2,1-7H3/t28?,29?,30-,31?,32+,33-,34?,35+,36+,37+/m0/s1. The molecule has 49 heavy (non-hydrogen) atoms. The first kappa shape index (κ1) is 44.9. The van der Waals surface area contributed by atoms with E-state index < -0.39 is 61.0 Å². The van der Waals surface area contributed by atoms with Crippen molar-refractivity contribution >= 4 is 8.46 Å². The minimum Gasteiger partial charge on any atom is -0.379 e. The summed E-state index contributed by atoms with van der Waals surface area (Å²) in [5, 5.41) is 0. The van der Waals surface area contributed by atoms with Crippen LogP contribution in [0.4, 0.5) is 0 Å². The monoisotopic (exact) mass is 722 g/mol. The van der Waals surface area contributed by atoms with Gasteiger partial charge < -0.3 is 47.4 Å². The van der Waals surface area contributed by atoms with Crippen molar-refractivity contribution in [2.24, 2.45) is 0 Å². The molecular formula is C37H71O11P. The lowest BCUT2D eigenvalue weighted by Crippen LogP contribution is -2.65. The van der Waals surface area contributed by atoms with E-state index in [0.29, 0.717) is 39.6 Å². The molecule has 0 saturated carbocycles. The second kappa shape index (κ2) is 28.2. The van der Waals surface area contributed by atoms with Gasteiger partial charge in [-0.15, -0.1) is 0 Å². The average Bonchev–Trinajstić information content (AvgIpc) is 3.11. The van der Waals surface area contributed by atoms with Crippen LogP contribution in [-0.2, 0) is 51.9 Å². The average molecular weight is 723 g/mol. The van der Waals surface area contributed by atoms with E-state index in [-0.39, 0.29) is 21.7 Å². The summed E-state index contributed by atoms with van der Waals surface area (Å²) < 4.78 is 77.4. The molecule has 11 nitrogen and oxygen atoms in total. The molecule has 0 aromatic rings. The molecule has 2 aliphatic rings. The summed E-state index contributed by atoms with van der Waals surface area (Å²) in [5.41, 5.74) is -0.486. The fourth-order valence-electron chi connectivity index (χ4n) is 5.87. The van der Waals surface area contributed by atoms with Gasteiger partial charge in [0.15, 0.2) is 21.0 Å². The van der Waals surface area contributed by atoms with Gasteiger partial charge >= 0.3 is 0 Å². The number of hydrogen-bond donors (Lipinski definition) is 0. The highest BCUT2D eigenvalue weighted by Gasteiger charge is 2.54. The van der Waals surface area contributed by atoms with E-state index in [0.717, 1.165) is 77.0 Å². The zero-order chi connectivity index (χ0) is 35.7. The maximum Gasteiger partial charge on any atom is 0.187 e. The van der Waals surface area contributed by atoms with Crippen LogP contribution in [0, 0.1) is 0 Å². The minimum absolute atomic E-state index is 0.0805. The lowest BCUT2D eigenvalue weighted by molar-refractivity contribution is -0.360. The van der Waals surface area contributed by atoms with Crippen LogP contribution >= 0.6 is 8.46 Å². The molecule has 2 fully saturated rings. The van der Waals surface area contributed by atoms with Crippen molar-refractivity contribution in [3.05, 3.63) is 0 Å². The van der Waals surface area contributed by atoms with E-state index in [1.165, 1.54) is 0 Å². The second-order valence-electron chi connectivity index (χ2n) is 13.1. The summed E-state index contributed by atoms with van der Waals surface area (Å²) >= 11 is 0. The third-order valence-electron chi connectivity index (χ3n) is 8.94. The Labute approximate surface area is 299 Å². The van der Waals surface area contributed by atoms with E-state index in [1.54, 1.807) is 7.11 Å². The Balaban J connectivity index is 2.55. The van der Waals surface area contributed by atoms with Gasteiger partial charge in [-0.05, 0) is 38.5 Å². The van der Waals surface area contributed by atoms with Gasteiger partial charge in [0, 0.05) is 46.8 Å². The summed E-state index contributed by atoms with van der Waals surface area (Å²) in [4.78, 5) is 0. The van der Waals surface area contributed by atoms with E-state index in [1.807, 2.05) is 0 Å². The Bertz CT molecular complexity index is 795. The van der Waals surface area contributed by atoms with E-state index >= 15 is 0 Å². The fraction of sp³-hybridized carbons (Fsp3) is 1.00. The molecule has 10 atom stereocenters. The molecule has 0 bridgehead atoms. The molecule has 0 aliphatic carbocycles. The van der Waals surface area contributed by atoms with Crippen molar-refractivity contribution in [1.82, 2.24) is 0 Å². The Morgan fingerprint density at radius 2 is 0.898 bits per heavy atom. The van der Waals surface area contributed by atoms with Gasteiger partial charge in [0.1, 0.15) is 42.7 Å². The summed E-state index contributed by atoms with van der Waals surface area (Å²) in [7, 11) is 1.55. The predicted octanol–water partition coefficient (Wildman–Crippen LogP) is 7.50. The summed E-state index contributed by atoms with van der Waals surface area (Å²) in [6.07, 6.45) is 5.86. The van der Waals surface area contributed by atoms with Crippen molar-refractivity contribution < 1.29 is 51.9 Å². The minimum atomic E-state index is -0.874. The van der Waals surface area contributed by atoms with Crippen LogP contribution in [0.3, 0.4) is 0 Å². The normalized spacial score (nSPS) is 30.7. The van der Waals surface area contributed by atoms with Crippen LogP contribution in [-0.4, -0.2) is 121 Å². The maximum absolute atomic E-state index is 12.8. The van der Waals surface area contributed by atoms with Crippen LogP contribution < -0.4 is 0 Å². The molecule has 2 heterocycles. The third-order valence-corrected chi connectivity index (χ3v) is 9.81. The van der Waals surface area contributed by atoms with Crippen molar-refractivity contribution in [2.45, 2.75) is 180 Å². The molecule has 0 spiro atoms. The van der Waals surface area contributed by atoms with Gasteiger partial charge in [-0.25, -0.2) is 0 Å². The summed E-state index contributed by atoms with van der Waals surface area (Å²) in [6, 6.07) is 0. The number of unbranched alkanes of at least 4 members (excludes halogenated alkanes) is 6. The number of ether oxygens (including phenoxy) is 10. The zero-order valence-corrected chi connectivity index (χ0v) is 32.7. The lowest BCUT2D eigenvalue weighted by atomic mass is 9.96. The molecule has 0 aromatic heterocycles.